The number of carbonyl (C=O) groups is 1. The van der Waals surface area contributed by atoms with Crippen molar-refractivity contribution in [2.24, 2.45) is 0 Å². The maximum Gasteiger partial charge on any atom is 0.356 e. The maximum absolute atomic E-state index is 11.3. The van der Waals surface area contributed by atoms with Crippen LogP contribution < -0.4 is 0 Å². The van der Waals surface area contributed by atoms with Gasteiger partial charge in [0.15, 0.2) is 0 Å². The Bertz CT molecular complexity index is 315. The number of unbranched alkanes of at least 4 members (excludes halogenated alkanes) is 1. The van der Waals surface area contributed by atoms with Gasteiger partial charge in [0.2, 0.25) is 0 Å². The van der Waals surface area contributed by atoms with Gasteiger partial charge in [0.1, 0.15) is 5.69 Å². The van der Waals surface area contributed by atoms with Gasteiger partial charge in [0.25, 0.3) is 0 Å². The monoisotopic (exact) mass is 213 g/mol. The van der Waals surface area contributed by atoms with Crippen LogP contribution in [0, 0.1) is 0 Å². The quantitative estimate of drug-likeness (QED) is 0.570. The number of carbonyl (C=O) groups excluding carboxylic acids is 1. The van der Waals surface area contributed by atoms with Crippen LogP contribution in [0.2, 0.25) is 5.02 Å². The average Bonchev–Trinajstić information content (AvgIpc) is 2.18. The summed E-state index contributed by atoms with van der Waals surface area (Å²) in [5, 5.41) is 0.488. The van der Waals surface area contributed by atoms with E-state index < -0.39 is 5.97 Å². The third-order valence-electron chi connectivity index (χ3n) is 1.66. The summed E-state index contributed by atoms with van der Waals surface area (Å²) in [4.78, 5) is 15.2. The van der Waals surface area contributed by atoms with Crippen molar-refractivity contribution in [2.45, 2.75) is 19.8 Å². The zero-order valence-corrected chi connectivity index (χ0v) is 8.75. The molecule has 0 atom stereocenters. The van der Waals surface area contributed by atoms with Gasteiger partial charge in [-0.2, -0.15) is 0 Å². The van der Waals surface area contributed by atoms with E-state index in [0.717, 1.165) is 12.8 Å². The topological polar surface area (TPSA) is 39.2 Å². The number of hydrogen-bond donors (Lipinski definition) is 0. The fourth-order valence-electron chi connectivity index (χ4n) is 0.900. The average molecular weight is 214 g/mol. The summed E-state index contributed by atoms with van der Waals surface area (Å²) in [5.74, 6) is -0.416. The molecule has 0 radical (unpaired) electrons. The van der Waals surface area contributed by atoms with Crippen LogP contribution in [-0.4, -0.2) is 17.6 Å². The summed E-state index contributed by atoms with van der Waals surface area (Å²) in [6.45, 7) is 2.47. The first kappa shape index (κ1) is 11.0. The molecule has 0 aliphatic rings. The Morgan fingerprint density at radius 3 is 3.07 bits per heavy atom. The fourth-order valence-corrected chi connectivity index (χ4v) is 1.06. The number of pyridine rings is 1. The van der Waals surface area contributed by atoms with Crippen molar-refractivity contribution in [3.8, 4) is 0 Å². The van der Waals surface area contributed by atoms with Gasteiger partial charge in [0.05, 0.1) is 6.61 Å². The summed E-state index contributed by atoms with van der Waals surface area (Å²) in [5.41, 5.74) is 0.258. The van der Waals surface area contributed by atoms with Crippen molar-refractivity contribution >= 4 is 17.6 Å². The molecular formula is C10H12ClNO2. The van der Waals surface area contributed by atoms with Crippen LogP contribution in [0.1, 0.15) is 30.3 Å². The molecule has 4 heteroatoms. The highest BCUT2D eigenvalue weighted by atomic mass is 35.5. The van der Waals surface area contributed by atoms with Crippen LogP contribution in [0.5, 0.6) is 0 Å². The van der Waals surface area contributed by atoms with Crippen molar-refractivity contribution < 1.29 is 9.53 Å². The van der Waals surface area contributed by atoms with Gasteiger partial charge in [-0.05, 0) is 18.6 Å². The van der Waals surface area contributed by atoms with Gasteiger partial charge in [-0.1, -0.05) is 24.9 Å². The van der Waals surface area contributed by atoms with Gasteiger partial charge in [-0.25, -0.2) is 9.78 Å². The SMILES string of the molecule is CCCCOC(=O)c1cc(Cl)ccn1. The van der Waals surface area contributed by atoms with E-state index in [1.54, 1.807) is 6.07 Å². The second-order valence-electron chi connectivity index (χ2n) is 2.85. The minimum absolute atomic E-state index is 0.258. The maximum atomic E-state index is 11.3. The van der Waals surface area contributed by atoms with Crippen molar-refractivity contribution in [1.29, 1.82) is 0 Å². The second kappa shape index (κ2) is 5.60. The van der Waals surface area contributed by atoms with Gasteiger partial charge in [-0.3, -0.25) is 0 Å². The number of rotatable bonds is 4. The van der Waals surface area contributed by atoms with E-state index in [0.29, 0.717) is 11.6 Å². The number of nitrogens with zero attached hydrogens (tertiary/aromatic N) is 1. The summed E-state index contributed by atoms with van der Waals surface area (Å²) in [6.07, 6.45) is 3.35. The predicted octanol–water partition coefficient (Wildman–Crippen LogP) is 2.69. The molecule has 1 aromatic rings. The minimum Gasteiger partial charge on any atom is -0.461 e. The molecule has 0 saturated carbocycles. The van der Waals surface area contributed by atoms with Crippen molar-refractivity contribution in [1.82, 2.24) is 4.98 Å². The Labute approximate surface area is 88.1 Å². The van der Waals surface area contributed by atoms with Crippen LogP contribution in [0.15, 0.2) is 18.3 Å². The molecule has 0 unspecified atom stereocenters. The van der Waals surface area contributed by atoms with Crippen LogP contribution in [0.4, 0.5) is 0 Å². The Hall–Kier alpha value is -1.09. The lowest BCUT2D eigenvalue weighted by Crippen LogP contribution is -2.07. The van der Waals surface area contributed by atoms with Crippen LogP contribution in [0.3, 0.4) is 0 Å². The molecular weight excluding hydrogens is 202 g/mol. The van der Waals surface area contributed by atoms with Gasteiger partial charge < -0.3 is 4.74 Å². The fraction of sp³-hybridized carbons (Fsp3) is 0.400. The zero-order chi connectivity index (χ0) is 10.4. The molecule has 1 heterocycles. The molecule has 0 N–H and O–H groups in total. The number of ether oxygens (including phenoxy) is 1. The molecule has 1 aromatic heterocycles. The van der Waals surface area contributed by atoms with Crippen LogP contribution in [0.25, 0.3) is 0 Å². The second-order valence-corrected chi connectivity index (χ2v) is 3.29. The standard InChI is InChI=1S/C10H12ClNO2/c1-2-3-6-14-10(13)9-7-8(11)4-5-12-9/h4-5,7H,2-3,6H2,1H3. The molecule has 0 aliphatic heterocycles. The molecule has 0 spiro atoms. The lowest BCUT2D eigenvalue weighted by atomic mass is 10.3. The van der Waals surface area contributed by atoms with Crippen molar-refractivity contribution in [3.63, 3.8) is 0 Å². The van der Waals surface area contributed by atoms with Crippen molar-refractivity contribution in [3.05, 3.63) is 29.0 Å². The number of hydrogen-bond acceptors (Lipinski definition) is 3. The normalized spacial score (nSPS) is 9.86. The van der Waals surface area contributed by atoms with E-state index in [4.69, 9.17) is 16.3 Å². The van der Waals surface area contributed by atoms with Crippen molar-refractivity contribution in [2.75, 3.05) is 6.61 Å². The Morgan fingerprint density at radius 2 is 2.43 bits per heavy atom. The number of halogens is 1. The molecule has 0 aliphatic carbocycles. The Balaban J connectivity index is 2.52. The van der Waals surface area contributed by atoms with Gasteiger partial charge in [-0.15, -0.1) is 0 Å². The first-order valence-electron chi connectivity index (χ1n) is 4.52. The molecule has 0 bridgehead atoms. The predicted molar refractivity (Wildman–Crippen MR) is 54.4 cm³/mol. The number of esters is 1. The first-order valence-corrected chi connectivity index (χ1v) is 4.90. The van der Waals surface area contributed by atoms with E-state index in [1.807, 2.05) is 6.92 Å². The molecule has 3 nitrogen and oxygen atoms in total. The van der Waals surface area contributed by atoms with Crippen LogP contribution in [-0.2, 0) is 4.74 Å². The first-order chi connectivity index (χ1) is 6.74. The van der Waals surface area contributed by atoms with E-state index in [9.17, 15) is 4.79 Å². The summed E-state index contributed by atoms with van der Waals surface area (Å²) < 4.78 is 4.96. The molecule has 0 saturated heterocycles. The third kappa shape index (κ3) is 3.34. The van der Waals surface area contributed by atoms with E-state index >= 15 is 0 Å². The summed E-state index contributed by atoms with van der Waals surface area (Å²) in [7, 11) is 0. The molecule has 0 fully saturated rings. The lowest BCUT2D eigenvalue weighted by molar-refractivity contribution is 0.0493. The summed E-state index contributed by atoms with van der Waals surface area (Å²) in [6, 6.07) is 3.11. The summed E-state index contributed by atoms with van der Waals surface area (Å²) >= 11 is 5.70. The van der Waals surface area contributed by atoms with E-state index in [1.165, 1.54) is 12.3 Å². The molecule has 14 heavy (non-hydrogen) atoms. The number of aromatic nitrogens is 1. The smallest absolute Gasteiger partial charge is 0.356 e. The van der Waals surface area contributed by atoms with E-state index in [2.05, 4.69) is 4.98 Å². The third-order valence-corrected chi connectivity index (χ3v) is 1.90. The largest absolute Gasteiger partial charge is 0.461 e. The zero-order valence-electron chi connectivity index (χ0n) is 8.00. The minimum atomic E-state index is -0.416. The van der Waals surface area contributed by atoms with Crippen LogP contribution >= 0.6 is 11.6 Å². The highest BCUT2D eigenvalue weighted by molar-refractivity contribution is 6.30. The van der Waals surface area contributed by atoms with Gasteiger partial charge in [0, 0.05) is 11.2 Å². The van der Waals surface area contributed by atoms with E-state index in [-0.39, 0.29) is 5.69 Å². The highest BCUT2D eigenvalue weighted by Gasteiger charge is 2.08. The Kier molecular flexibility index (Phi) is 4.40. The molecule has 0 aromatic carbocycles. The molecule has 0 amide bonds. The lowest BCUT2D eigenvalue weighted by Gasteiger charge is -2.02. The Morgan fingerprint density at radius 1 is 1.64 bits per heavy atom. The molecule has 1 rings (SSSR count). The molecule has 76 valence electrons. The van der Waals surface area contributed by atoms with Gasteiger partial charge >= 0.3 is 5.97 Å². The highest BCUT2D eigenvalue weighted by Crippen LogP contribution is 2.08.